The average Bonchev–Trinajstić information content (AvgIpc) is 2.19. The summed E-state index contributed by atoms with van der Waals surface area (Å²) in [6.07, 6.45) is 5.12. The van der Waals surface area contributed by atoms with Crippen molar-refractivity contribution in [1.29, 1.82) is 0 Å². The summed E-state index contributed by atoms with van der Waals surface area (Å²) in [5.74, 6) is -0.215. The Morgan fingerprint density at radius 1 is 1.43 bits per heavy atom. The van der Waals surface area contributed by atoms with Gasteiger partial charge in [0, 0.05) is 13.7 Å². The number of nitrogens with two attached hydrogens (primary N) is 1. The van der Waals surface area contributed by atoms with Crippen LogP contribution in [-0.2, 0) is 9.53 Å². The Morgan fingerprint density at radius 3 is 2.57 bits per heavy atom. The third-order valence-corrected chi connectivity index (χ3v) is 2.95. The maximum atomic E-state index is 11.4. The summed E-state index contributed by atoms with van der Waals surface area (Å²) in [4.78, 5) is 11.4. The van der Waals surface area contributed by atoms with Crippen LogP contribution in [0.15, 0.2) is 0 Å². The van der Waals surface area contributed by atoms with Gasteiger partial charge in [-0.15, -0.1) is 0 Å². The number of hydrogen-bond donors (Lipinski definition) is 2. The lowest BCUT2D eigenvalue weighted by Crippen LogP contribution is -2.57. The smallest absolute Gasteiger partial charge is 0.237 e. The summed E-state index contributed by atoms with van der Waals surface area (Å²) in [5, 5.41) is 3.24. The Bertz CT molecular complexity index is 189. The maximum Gasteiger partial charge on any atom is 0.237 e. The van der Waals surface area contributed by atoms with Crippen molar-refractivity contribution in [3.05, 3.63) is 0 Å². The largest absolute Gasteiger partial charge is 0.383 e. The second-order valence-corrected chi connectivity index (χ2v) is 3.93. The van der Waals surface area contributed by atoms with E-state index in [0.717, 1.165) is 25.7 Å². The number of primary amides is 1. The van der Waals surface area contributed by atoms with Gasteiger partial charge in [-0.3, -0.25) is 4.79 Å². The van der Waals surface area contributed by atoms with Crippen LogP contribution in [0.4, 0.5) is 0 Å². The molecule has 0 unspecified atom stereocenters. The van der Waals surface area contributed by atoms with Crippen molar-refractivity contribution in [3.8, 4) is 0 Å². The molecule has 1 rings (SSSR count). The summed E-state index contributed by atoms with van der Waals surface area (Å²) in [6, 6.07) is 0. The van der Waals surface area contributed by atoms with E-state index in [0.29, 0.717) is 13.2 Å². The fourth-order valence-corrected chi connectivity index (χ4v) is 2.06. The van der Waals surface area contributed by atoms with Crippen molar-refractivity contribution < 1.29 is 9.53 Å². The Balaban J connectivity index is 2.47. The highest BCUT2D eigenvalue weighted by Crippen LogP contribution is 2.27. The van der Waals surface area contributed by atoms with Gasteiger partial charge in [0.1, 0.15) is 0 Å². The molecule has 0 bridgehead atoms. The molecule has 0 aromatic heterocycles. The molecule has 0 radical (unpaired) electrons. The monoisotopic (exact) mass is 200 g/mol. The molecular weight excluding hydrogens is 180 g/mol. The molecule has 0 heterocycles. The first kappa shape index (κ1) is 11.5. The Labute approximate surface area is 85.2 Å². The lowest BCUT2D eigenvalue weighted by Gasteiger charge is -2.35. The van der Waals surface area contributed by atoms with E-state index in [4.69, 9.17) is 10.5 Å². The molecule has 1 aliphatic rings. The molecule has 14 heavy (non-hydrogen) atoms. The lowest BCUT2D eigenvalue weighted by molar-refractivity contribution is -0.125. The number of amides is 1. The van der Waals surface area contributed by atoms with Gasteiger partial charge in [0.05, 0.1) is 12.1 Å². The van der Waals surface area contributed by atoms with Gasteiger partial charge in [-0.1, -0.05) is 19.3 Å². The molecule has 1 saturated carbocycles. The topological polar surface area (TPSA) is 64.3 Å². The highest BCUT2D eigenvalue weighted by atomic mass is 16.5. The SMILES string of the molecule is COCCNC1(C(N)=O)CCCCC1. The van der Waals surface area contributed by atoms with Gasteiger partial charge in [-0.05, 0) is 12.8 Å². The molecule has 0 aromatic rings. The number of ether oxygens (including phenoxy) is 1. The highest BCUT2D eigenvalue weighted by Gasteiger charge is 2.36. The van der Waals surface area contributed by atoms with E-state index in [9.17, 15) is 4.79 Å². The quantitative estimate of drug-likeness (QED) is 0.632. The first-order valence-electron chi connectivity index (χ1n) is 5.25. The van der Waals surface area contributed by atoms with E-state index in [1.807, 2.05) is 0 Å². The summed E-state index contributed by atoms with van der Waals surface area (Å²) in [6.45, 7) is 1.31. The standard InChI is InChI=1S/C10H20N2O2/c1-14-8-7-12-10(9(11)13)5-3-2-4-6-10/h12H,2-8H2,1H3,(H2,11,13). The number of carbonyl (C=O) groups is 1. The molecule has 1 amide bonds. The molecule has 1 fully saturated rings. The van der Waals surface area contributed by atoms with Gasteiger partial charge < -0.3 is 15.8 Å². The first-order valence-corrected chi connectivity index (χ1v) is 5.25. The lowest BCUT2D eigenvalue weighted by atomic mass is 9.81. The van der Waals surface area contributed by atoms with Gasteiger partial charge in [-0.2, -0.15) is 0 Å². The molecule has 0 spiro atoms. The Morgan fingerprint density at radius 2 is 2.07 bits per heavy atom. The molecule has 3 N–H and O–H groups in total. The minimum atomic E-state index is -0.462. The second kappa shape index (κ2) is 5.32. The molecule has 0 aliphatic heterocycles. The maximum absolute atomic E-state index is 11.4. The van der Waals surface area contributed by atoms with Crippen LogP contribution in [0.5, 0.6) is 0 Å². The van der Waals surface area contributed by atoms with Gasteiger partial charge in [-0.25, -0.2) is 0 Å². The Hall–Kier alpha value is -0.610. The van der Waals surface area contributed by atoms with Crippen molar-refractivity contribution in [2.45, 2.75) is 37.6 Å². The molecule has 82 valence electrons. The minimum absolute atomic E-state index is 0.215. The summed E-state index contributed by atoms with van der Waals surface area (Å²) in [5.41, 5.74) is 4.98. The fourth-order valence-electron chi connectivity index (χ4n) is 2.06. The van der Waals surface area contributed by atoms with Crippen LogP contribution in [-0.4, -0.2) is 31.7 Å². The van der Waals surface area contributed by atoms with E-state index in [-0.39, 0.29) is 5.91 Å². The summed E-state index contributed by atoms with van der Waals surface area (Å²) in [7, 11) is 1.65. The summed E-state index contributed by atoms with van der Waals surface area (Å²) >= 11 is 0. The number of methoxy groups -OCH3 is 1. The van der Waals surface area contributed by atoms with E-state index in [2.05, 4.69) is 5.32 Å². The van der Waals surface area contributed by atoms with Gasteiger partial charge >= 0.3 is 0 Å². The van der Waals surface area contributed by atoms with Crippen molar-refractivity contribution in [2.24, 2.45) is 5.73 Å². The van der Waals surface area contributed by atoms with E-state index < -0.39 is 5.54 Å². The number of nitrogens with one attached hydrogen (secondary N) is 1. The zero-order valence-electron chi connectivity index (χ0n) is 8.84. The van der Waals surface area contributed by atoms with Crippen molar-refractivity contribution >= 4 is 5.91 Å². The molecule has 4 heteroatoms. The predicted molar refractivity (Wildman–Crippen MR) is 54.9 cm³/mol. The fraction of sp³-hybridized carbons (Fsp3) is 0.900. The van der Waals surface area contributed by atoms with Crippen LogP contribution in [0.3, 0.4) is 0 Å². The van der Waals surface area contributed by atoms with Crippen LogP contribution in [0.2, 0.25) is 0 Å². The van der Waals surface area contributed by atoms with Gasteiger partial charge in [0.2, 0.25) is 5.91 Å². The van der Waals surface area contributed by atoms with Crippen molar-refractivity contribution in [1.82, 2.24) is 5.32 Å². The summed E-state index contributed by atoms with van der Waals surface area (Å²) < 4.78 is 4.94. The van der Waals surface area contributed by atoms with E-state index >= 15 is 0 Å². The first-order chi connectivity index (χ1) is 6.71. The number of carbonyl (C=O) groups excluding carboxylic acids is 1. The Kier molecular flexibility index (Phi) is 4.35. The zero-order chi connectivity index (χ0) is 10.4. The van der Waals surface area contributed by atoms with Gasteiger partial charge in [0.25, 0.3) is 0 Å². The molecular formula is C10H20N2O2. The third kappa shape index (κ3) is 2.69. The molecule has 1 aliphatic carbocycles. The van der Waals surface area contributed by atoms with Crippen LogP contribution >= 0.6 is 0 Å². The number of hydrogen-bond acceptors (Lipinski definition) is 3. The second-order valence-electron chi connectivity index (χ2n) is 3.93. The normalized spacial score (nSPS) is 20.6. The van der Waals surface area contributed by atoms with Gasteiger partial charge in [0.15, 0.2) is 0 Å². The van der Waals surface area contributed by atoms with Crippen molar-refractivity contribution in [2.75, 3.05) is 20.3 Å². The molecule has 0 saturated heterocycles. The zero-order valence-corrected chi connectivity index (χ0v) is 8.84. The minimum Gasteiger partial charge on any atom is -0.383 e. The van der Waals surface area contributed by atoms with E-state index in [1.165, 1.54) is 6.42 Å². The van der Waals surface area contributed by atoms with Crippen LogP contribution in [0.1, 0.15) is 32.1 Å². The highest BCUT2D eigenvalue weighted by molar-refractivity contribution is 5.84. The molecule has 0 atom stereocenters. The molecule has 4 nitrogen and oxygen atoms in total. The van der Waals surface area contributed by atoms with Crippen LogP contribution in [0, 0.1) is 0 Å². The predicted octanol–water partition coefficient (Wildman–Crippen LogP) is 0.411. The van der Waals surface area contributed by atoms with Crippen molar-refractivity contribution in [3.63, 3.8) is 0 Å². The van der Waals surface area contributed by atoms with Crippen LogP contribution in [0.25, 0.3) is 0 Å². The van der Waals surface area contributed by atoms with E-state index in [1.54, 1.807) is 7.11 Å². The van der Waals surface area contributed by atoms with Crippen LogP contribution < -0.4 is 11.1 Å². The number of rotatable bonds is 5. The molecule has 0 aromatic carbocycles. The average molecular weight is 200 g/mol. The third-order valence-electron chi connectivity index (χ3n) is 2.95.